The molecule has 0 aliphatic heterocycles. The number of halogens is 1. The Morgan fingerprint density at radius 2 is 1.88 bits per heavy atom. The van der Waals surface area contributed by atoms with Crippen LogP contribution in [0.3, 0.4) is 0 Å². The SMILES string of the molecule is O=C(O)c1ncc(C(O)C(O)C(=O)O)cc1Cl. The molecule has 4 N–H and O–H groups in total. The molecule has 7 nitrogen and oxygen atoms in total. The van der Waals surface area contributed by atoms with Crippen molar-refractivity contribution in [2.75, 3.05) is 0 Å². The van der Waals surface area contributed by atoms with Crippen LogP contribution in [0, 0.1) is 0 Å². The second-order valence-electron chi connectivity index (χ2n) is 3.13. The van der Waals surface area contributed by atoms with Crippen LogP contribution in [0.25, 0.3) is 0 Å². The number of hydrogen-bond acceptors (Lipinski definition) is 5. The molecule has 0 saturated heterocycles. The summed E-state index contributed by atoms with van der Waals surface area (Å²) in [6.07, 6.45) is -2.84. The van der Waals surface area contributed by atoms with E-state index in [9.17, 15) is 14.7 Å². The van der Waals surface area contributed by atoms with E-state index in [0.29, 0.717) is 0 Å². The lowest BCUT2D eigenvalue weighted by Gasteiger charge is -2.14. The number of aliphatic carboxylic acids is 1. The minimum atomic E-state index is -2.04. The van der Waals surface area contributed by atoms with Crippen LogP contribution in [-0.4, -0.2) is 43.5 Å². The third kappa shape index (κ3) is 2.90. The van der Waals surface area contributed by atoms with Crippen LogP contribution in [0.5, 0.6) is 0 Å². The highest BCUT2D eigenvalue weighted by molar-refractivity contribution is 6.33. The Morgan fingerprint density at radius 3 is 2.29 bits per heavy atom. The maximum absolute atomic E-state index is 10.6. The monoisotopic (exact) mass is 261 g/mol. The second-order valence-corrected chi connectivity index (χ2v) is 3.54. The van der Waals surface area contributed by atoms with Crippen LogP contribution in [-0.2, 0) is 4.79 Å². The number of hydrogen-bond donors (Lipinski definition) is 4. The molecule has 0 saturated carbocycles. The fraction of sp³-hybridized carbons (Fsp3) is 0.222. The summed E-state index contributed by atoms with van der Waals surface area (Å²) in [4.78, 5) is 24.5. The quantitative estimate of drug-likeness (QED) is 0.596. The molecule has 0 fully saturated rings. The van der Waals surface area contributed by atoms with Crippen molar-refractivity contribution < 1.29 is 30.0 Å². The molecule has 0 radical (unpaired) electrons. The van der Waals surface area contributed by atoms with Crippen LogP contribution in [0.15, 0.2) is 12.3 Å². The first kappa shape index (κ1) is 13.4. The Labute approximate surface area is 99.9 Å². The molecule has 0 amide bonds. The Morgan fingerprint density at radius 1 is 1.29 bits per heavy atom. The Bertz CT molecular complexity index is 463. The highest BCUT2D eigenvalue weighted by Gasteiger charge is 2.26. The molecule has 2 unspecified atom stereocenters. The summed E-state index contributed by atoms with van der Waals surface area (Å²) in [5.74, 6) is -2.97. The summed E-state index contributed by atoms with van der Waals surface area (Å²) in [6, 6.07) is 1.04. The van der Waals surface area contributed by atoms with Crippen LogP contribution < -0.4 is 0 Å². The fourth-order valence-electron chi connectivity index (χ4n) is 1.09. The zero-order valence-corrected chi connectivity index (χ0v) is 9.00. The molecule has 8 heteroatoms. The van der Waals surface area contributed by atoms with Gasteiger partial charge in [0.1, 0.15) is 6.10 Å². The highest BCUT2D eigenvalue weighted by Crippen LogP contribution is 2.22. The van der Waals surface area contributed by atoms with E-state index >= 15 is 0 Å². The topological polar surface area (TPSA) is 128 Å². The Balaban J connectivity index is 3.05. The zero-order valence-electron chi connectivity index (χ0n) is 8.24. The summed E-state index contributed by atoms with van der Waals surface area (Å²) >= 11 is 5.57. The van der Waals surface area contributed by atoms with Crippen molar-refractivity contribution >= 4 is 23.5 Å². The second kappa shape index (κ2) is 5.09. The van der Waals surface area contributed by atoms with Crippen LogP contribution in [0.2, 0.25) is 5.02 Å². The first-order valence-corrected chi connectivity index (χ1v) is 4.70. The summed E-state index contributed by atoms with van der Waals surface area (Å²) in [5, 5.41) is 35.4. The number of carboxylic acid groups (broad SMARTS) is 2. The predicted molar refractivity (Wildman–Crippen MR) is 54.8 cm³/mol. The van der Waals surface area contributed by atoms with Crippen molar-refractivity contribution in [1.29, 1.82) is 0 Å². The maximum atomic E-state index is 10.6. The minimum Gasteiger partial charge on any atom is -0.479 e. The van der Waals surface area contributed by atoms with Crippen LogP contribution in [0.1, 0.15) is 22.2 Å². The largest absolute Gasteiger partial charge is 0.479 e. The normalized spacial score (nSPS) is 14.1. The molecule has 1 aromatic heterocycles. The number of aliphatic hydroxyl groups excluding tert-OH is 2. The number of pyridine rings is 1. The van der Waals surface area contributed by atoms with Gasteiger partial charge in [-0.15, -0.1) is 0 Å². The van der Waals surface area contributed by atoms with Crippen LogP contribution >= 0.6 is 11.6 Å². The van der Waals surface area contributed by atoms with Gasteiger partial charge >= 0.3 is 11.9 Å². The van der Waals surface area contributed by atoms with E-state index in [1.54, 1.807) is 0 Å². The van der Waals surface area contributed by atoms with Gasteiger partial charge in [-0.3, -0.25) is 0 Å². The molecule has 1 aromatic rings. The van der Waals surface area contributed by atoms with Gasteiger partial charge in [0.05, 0.1) is 5.02 Å². The zero-order chi connectivity index (χ0) is 13.2. The van der Waals surface area contributed by atoms with E-state index in [1.165, 1.54) is 0 Å². The van der Waals surface area contributed by atoms with Gasteiger partial charge in [0.2, 0.25) is 0 Å². The number of rotatable bonds is 4. The van der Waals surface area contributed by atoms with E-state index in [-0.39, 0.29) is 10.6 Å². The van der Waals surface area contributed by atoms with Gasteiger partial charge < -0.3 is 20.4 Å². The Hall–Kier alpha value is -1.70. The minimum absolute atomic E-state index is 0.0881. The standard InChI is InChI=1S/C9H8ClNO6/c10-4-1-3(2-11-5(4)8(14)15)6(12)7(13)9(16)17/h1-2,6-7,12-13H,(H,14,15)(H,16,17). The third-order valence-corrected chi connectivity index (χ3v) is 2.25. The molecule has 92 valence electrons. The van der Waals surface area contributed by atoms with Gasteiger partial charge in [-0.25, -0.2) is 14.6 Å². The molecule has 0 bridgehead atoms. The molecular weight excluding hydrogens is 254 g/mol. The third-order valence-electron chi connectivity index (χ3n) is 1.96. The number of aliphatic hydroxyl groups is 2. The van der Waals surface area contributed by atoms with Crippen LogP contribution in [0.4, 0.5) is 0 Å². The number of aromatic carboxylic acids is 1. The molecule has 0 aliphatic rings. The van der Waals surface area contributed by atoms with Gasteiger partial charge in [0.25, 0.3) is 0 Å². The van der Waals surface area contributed by atoms with Gasteiger partial charge in [0, 0.05) is 11.8 Å². The molecular formula is C9H8ClNO6. The van der Waals surface area contributed by atoms with Crippen molar-refractivity contribution in [1.82, 2.24) is 4.98 Å². The van der Waals surface area contributed by atoms with Crippen molar-refractivity contribution in [3.63, 3.8) is 0 Å². The van der Waals surface area contributed by atoms with Crippen molar-refractivity contribution in [2.24, 2.45) is 0 Å². The molecule has 2 atom stereocenters. The van der Waals surface area contributed by atoms with E-state index in [0.717, 1.165) is 12.3 Å². The summed E-state index contributed by atoms with van der Waals surface area (Å²) in [5.41, 5.74) is -0.512. The smallest absolute Gasteiger partial charge is 0.356 e. The number of nitrogens with zero attached hydrogens (tertiary/aromatic N) is 1. The van der Waals surface area contributed by atoms with E-state index in [2.05, 4.69) is 4.98 Å². The summed E-state index contributed by atoms with van der Waals surface area (Å²) in [6.45, 7) is 0. The molecule has 0 aromatic carbocycles. The van der Waals surface area contributed by atoms with Gasteiger partial charge in [-0.1, -0.05) is 11.6 Å². The highest BCUT2D eigenvalue weighted by atomic mass is 35.5. The summed E-state index contributed by atoms with van der Waals surface area (Å²) in [7, 11) is 0. The van der Waals surface area contributed by atoms with Gasteiger partial charge in [-0.05, 0) is 6.07 Å². The molecule has 17 heavy (non-hydrogen) atoms. The average molecular weight is 262 g/mol. The molecule has 0 spiro atoms. The fourth-order valence-corrected chi connectivity index (χ4v) is 1.34. The van der Waals surface area contributed by atoms with Crippen molar-refractivity contribution in [3.05, 3.63) is 28.5 Å². The first-order valence-electron chi connectivity index (χ1n) is 4.32. The van der Waals surface area contributed by atoms with E-state index < -0.39 is 29.8 Å². The molecule has 1 rings (SSSR count). The van der Waals surface area contributed by atoms with E-state index in [4.69, 9.17) is 26.9 Å². The lowest BCUT2D eigenvalue weighted by molar-refractivity contribution is -0.153. The predicted octanol–water partition coefficient (Wildman–Crippen LogP) is -0.0879. The van der Waals surface area contributed by atoms with Gasteiger partial charge in [-0.2, -0.15) is 0 Å². The number of carboxylic acids is 2. The first-order chi connectivity index (χ1) is 7.84. The molecule has 1 heterocycles. The maximum Gasteiger partial charge on any atom is 0.356 e. The lowest BCUT2D eigenvalue weighted by atomic mass is 10.1. The van der Waals surface area contributed by atoms with Gasteiger partial charge in [0.15, 0.2) is 11.8 Å². The Kier molecular flexibility index (Phi) is 4.00. The van der Waals surface area contributed by atoms with Crippen molar-refractivity contribution in [2.45, 2.75) is 12.2 Å². The average Bonchev–Trinajstić information content (AvgIpc) is 2.26. The van der Waals surface area contributed by atoms with E-state index in [1.807, 2.05) is 0 Å². The molecule has 0 aliphatic carbocycles. The lowest BCUT2D eigenvalue weighted by Crippen LogP contribution is -2.27. The van der Waals surface area contributed by atoms with Crippen molar-refractivity contribution in [3.8, 4) is 0 Å². The number of carbonyl (C=O) groups is 2. The number of aromatic nitrogens is 1. The summed E-state index contributed by atoms with van der Waals surface area (Å²) < 4.78 is 0.